The molecule has 6 rings (SSSR count). The molecule has 1 aromatic heterocycles. The Hall–Kier alpha value is -4.54. The zero-order chi connectivity index (χ0) is 26.6. The van der Waals surface area contributed by atoms with Crippen LogP contribution < -0.4 is 10.1 Å². The summed E-state index contributed by atoms with van der Waals surface area (Å²) in [6.45, 7) is 3.49. The average Bonchev–Trinajstić information content (AvgIpc) is 3.32. The van der Waals surface area contributed by atoms with E-state index in [1.807, 2.05) is 37.3 Å². The second-order valence-electron chi connectivity index (χ2n) is 9.74. The number of benzene rings is 5. The number of anilines is 1. The van der Waals surface area contributed by atoms with Gasteiger partial charge in [0, 0.05) is 28.6 Å². The van der Waals surface area contributed by atoms with E-state index in [-0.39, 0.29) is 0 Å². The van der Waals surface area contributed by atoms with Crippen LogP contribution in [-0.2, 0) is 6.54 Å². The highest BCUT2D eigenvalue weighted by molar-refractivity contribution is 6.15. The van der Waals surface area contributed by atoms with Crippen molar-refractivity contribution >= 4 is 27.4 Å². The van der Waals surface area contributed by atoms with Crippen molar-refractivity contribution in [2.24, 2.45) is 0 Å². The van der Waals surface area contributed by atoms with E-state index >= 15 is 0 Å². The summed E-state index contributed by atoms with van der Waals surface area (Å²) in [5, 5.41) is 18.3. The van der Waals surface area contributed by atoms with Gasteiger partial charge in [0.25, 0.3) is 0 Å². The van der Waals surface area contributed by atoms with Crippen LogP contribution in [0.3, 0.4) is 0 Å². The van der Waals surface area contributed by atoms with Gasteiger partial charge < -0.3 is 19.7 Å². The molecular weight excluding hydrogens is 480 g/mol. The number of hydrogen-bond donors (Lipinski definition) is 2. The molecule has 1 heterocycles. The fourth-order valence-electron chi connectivity index (χ4n) is 5.44. The third-order valence-electron chi connectivity index (χ3n) is 7.16. The lowest BCUT2D eigenvalue weighted by Gasteiger charge is -2.19. The van der Waals surface area contributed by atoms with Crippen LogP contribution in [0.1, 0.15) is 6.92 Å². The number of rotatable bonds is 9. The third kappa shape index (κ3) is 4.99. The van der Waals surface area contributed by atoms with Gasteiger partial charge in [-0.15, -0.1) is 0 Å². The average molecular weight is 513 g/mol. The summed E-state index contributed by atoms with van der Waals surface area (Å²) in [7, 11) is 0. The maximum Gasteiger partial charge on any atom is 0.119 e. The van der Waals surface area contributed by atoms with Crippen molar-refractivity contribution in [2.45, 2.75) is 19.6 Å². The van der Waals surface area contributed by atoms with Crippen LogP contribution in [-0.4, -0.2) is 28.9 Å². The second-order valence-corrected chi connectivity index (χ2v) is 9.74. The number of fused-ring (bicyclic) bond motifs is 3. The number of nitrogens with zero attached hydrogens (tertiary/aromatic N) is 1. The zero-order valence-electron chi connectivity index (χ0n) is 22.0. The van der Waals surface area contributed by atoms with Crippen LogP contribution in [0.4, 0.5) is 5.69 Å². The topological polar surface area (TPSA) is 46.4 Å². The highest BCUT2D eigenvalue weighted by Crippen LogP contribution is 2.43. The van der Waals surface area contributed by atoms with Crippen LogP contribution in [0.2, 0.25) is 0 Å². The predicted octanol–water partition coefficient (Wildman–Crippen LogP) is 8.00. The summed E-state index contributed by atoms with van der Waals surface area (Å²) in [4.78, 5) is 0. The van der Waals surface area contributed by atoms with Crippen molar-refractivity contribution in [3.63, 3.8) is 0 Å². The highest BCUT2D eigenvalue weighted by atomic mass is 16.5. The zero-order valence-corrected chi connectivity index (χ0v) is 22.0. The summed E-state index contributed by atoms with van der Waals surface area (Å²) >= 11 is 0. The molecule has 1 unspecified atom stereocenters. The maximum atomic E-state index is 11.4. The van der Waals surface area contributed by atoms with E-state index in [0.717, 1.165) is 33.8 Å². The first-order valence-electron chi connectivity index (χ1n) is 13.5. The Bertz CT molecular complexity index is 1690. The van der Waals surface area contributed by atoms with Crippen molar-refractivity contribution in [3.8, 4) is 28.1 Å². The molecule has 0 saturated heterocycles. The fourth-order valence-corrected chi connectivity index (χ4v) is 5.44. The number of aliphatic hydroxyl groups excluding tert-OH is 1. The summed E-state index contributed by atoms with van der Waals surface area (Å²) < 4.78 is 7.87. The first-order chi connectivity index (χ1) is 19.2. The number of aromatic nitrogens is 1. The molecule has 1 atom stereocenters. The number of aliphatic hydroxyl groups is 1. The van der Waals surface area contributed by atoms with Gasteiger partial charge >= 0.3 is 0 Å². The van der Waals surface area contributed by atoms with Gasteiger partial charge in [0.1, 0.15) is 5.75 Å². The van der Waals surface area contributed by atoms with Gasteiger partial charge in [-0.3, -0.25) is 0 Å². The Kier molecular flexibility index (Phi) is 7.03. The van der Waals surface area contributed by atoms with E-state index in [2.05, 4.69) is 101 Å². The van der Waals surface area contributed by atoms with Gasteiger partial charge in [0.15, 0.2) is 0 Å². The summed E-state index contributed by atoms with van der Waals surface area (Å²) in [6.07, 6.45) is -0.614. The SMILES string of the molecule is CCOc1ccc(NCC(O)Cn2c(-c3ccccc3)c(-c3ccccc3)c3ccc4ccccc4c32)cc1. The van der Waals surface area contributed by atoms with E-state index in [1.54, 1.807) is 0 Å². The lowest BCUT2D eigenvalue weighted by Crippen LogP contribution is -2.25. The molecule has 39 heavy (non-hydrogen) atoms. The molecule has 2 N–H and O–H groups in total. The molecule has 4 nitrogen and oxygen atoms in total. The van der Waals surface area contributed by atoms with E-state index < -0.39 is 6.10 Å². The van der Waals surface area contributed by atoms with Crippen molar-refractivity contribution in [2.75, 3.05) is 18.5 Å². The van der Waals surface area contributed by atoms with Crippen LogP contribution in [0, 0.1) is 0 Å². The number of ether oxygens (including phenoxy) is 1. The molecule has 0 saturated carbocycles. The molecule has 0 amide bonds. The molecule has 6 aromatic rings. The quantitative estimate of drug-likeness (QED) is 0.206. The molecule has 0 aliphatic heterocycles. The largest absolute Gasteiger partial charge is 0.494 e. The standard InChI is InChI=1S/C35H32N2O2/c1-2-39-30-20-18-28(19-21-30)36-23-29(38)24-37-34(27-14-7-4-8-15-27)33(26-12-5-3-6-13-26)32-22-17-25-11-9-10-16-31(25)35(32)37/h3-22,29,36,38H,2,23-24H2,1H3. The first-order valence-corrected chi connectivity index (χ1v) is 13.5. The minimum Gasteiger partial charge on any atom is -0.494 e. The van der Waals surface area contributed by atoms with Crippen molar-refractivity contribution in [1.29, 1.82) is 0 Å². The number of nitrogens with one attached hydrogen (secondary N) is 1. The molecule has 0 aliphatic carbocycles. The Labute approximate surface area is 229 Å². The lowest BCUT2D eigenvalue weighted by molar-refractivity contribution is 0.169. The van der Waals surface area contributed by atoms with E-state index in [1.165, 1.54) is 21.7 Å². The van der Waals surface area contributed by atoms with E-state index in [9.17, 15) is 5.11 Å². The van der Waals surface area contributed by atoms with Gasteiger partial charge in [-0.25, -0.2) is 0 Å². The molecule has 0 radical (unpaired) electrons. The normalized spacial score (nSPS) is 12.1. The summed E-state index contributed by atoms with van der Waals surface area (Å²) in [5.74, 6) is 0.843. The minimum absolute atomic E-state index is 0.424. The molecule has 0 aliphatic rings. The maximum absolute atomic E-state index is 11.4. The van der Waals surface area contributed by atoms with E-state index in [4.69, 9.17) is 4.74 Å². The number of hydrogen-bond acceptors (Lipinski definition) is 3. The predicted molar refractivity (Wildman–Crippen MR) is 162 cm³/mol. The smallest absolute Gasteiger partial charge is 0.119 e. The van der Waals surface area contributed by atoms with Crippen molar-refractivity contribution < 1.29 is 9.84 Å². The van der Waals surface area contributed by atoms with E-state index in [0.29, 0.717) is 19.7 Å². The lowest BCUT2D eigenvalue weighted by atomic mass is 9.97. The summed E-state index contributed by atoms with van der Waals surface area (Å²) in [5.41, 5.74) is 6.70. The minimum atomic E-state index is -0.614. The molecule has 4 heteroatoms. The van der Waals surface area contributed by atoms with Crippen LogP contribution in [0.15, 0.2) is 121 Å². The van der Waals surface area contributed by atoms with Gasteiger partial charge in [0.2, 0.25) is 0 Å². The Morgan fingerprint density at radius 3 is 2.10 bits per heavy atom. The van der Waals surface area contributed by atoms with Gasteiger partial charge in [-0.2, -0.15) is 0 Å². The van der Waals surface area contributed by atoms with Crippen LogP contribution in [0.5, 0.6) is 5.75 Å². The summed E-state index contributed by atoms with van der Waals surface area (Å²) in [6, 6.07) is 41.9. The molecule has 194 valence electrons. The molecular formula is C35H32N2O2. The highest BCUT2D eigenvalue weighted by Gasteiger charge is 2.23. The molecule has 0 spiro atoms. The van der Waals surface area contributed by atoms with Gasteiger partial charge in [-0.1, -0.05) is 97.1 Å². The van der Waals surface area contributed by atoms with Crippen molar-refractivity contribution in [1.82, 2.24) is 4.57 Å². The monoisotopic (exact) mass is 512 g/mol. The Balaban J connectivity index is 1.46. The third-order valence-corrected chi connectivity index (χ3v) is 7.16. The van der Waals surface area contributed by atoms with Crippen LogP contribution in [0.25, 0.3) is 44.1 Å². The Morgan fingerprint density at radius 2 is 1.38 bits per heavy atom. The van der Waals surface area contributed by atoms with Crippen LogP contribution >= 0.6 is 0 Å². The molecule has 5 aromatic carbocycles. The molecule has 0 bridgehead atoms. The first kappa shape index (κ1) is 24.8. The van der Waals surface area contributed by atoms with Crippen molar-refractivity contribution in [3.05, 3.63) is 121 Å². The van der Waals surface area contributed by atoms with Gasteiger partial charge in [0.05, 0.1) is 30.5 Å². The molecule has 0 fully saturated rings. The fraction of sp³-hybridized carbons (Fsp3) is 0.143. The Morgan fingerprint density at radius 1 is 0.718 bits per heavy atom. The second kappa shape index (κ2) is 11.1. The van der Waals surface area contributed by atoms with Gasteiger partial charge in [-0.05, 0) is 47.7 Å².